The summed E-state index contributed by atoms with van der Waals surface area (Å²) >= 11 is 1.16. The molecular formula is C24H20N6O3S. The molecule has 9 nitrogen and oxygen atoms in total. The molecular weight excluding hydrogens is 452 g/mol. The fourth-order valence-electron chi connectivity index (χ4n) is 3.70. The number of ether oxygens (including phenoxy) is 1. The van der Waals surface area contributed by atoms with E-state index in [1.807, 2.05) is 72.8 Å². The topological polar surface area (TPSA) is 118 Å². The van der Waals surface area contributed by atoms with E-state index in [0.717, 1.165) is 44.0 Å². The fraction of sp³-hybridized carbons (Fsp3) is 0.125. The molecule has 0 fully saturated rings. The number of hydrogen-bond acceptors (Lipinski definition) is 8. The monoisotopic (exact) mass is 472 g/mol. The molecule has 0 unspecified atom stereocenters. The maximum atomic E-state index is 12.6. The van der Waals surface area contributed by atoms with Crippen LogP contribution in [0.4, 0.5) is 0 Å². The Kier molecular flexibility index (Phi) is 6.13. The van der Waals surface area contributed by atoms with Crippen molar-refractivity contribution >= 4 is 27.3 Å². The summed E-state index contributed by atoms with van der Waals surface area (Å²) in [5, 5.41) is 26.9. The molecule has 5 aromatic rings. The van der Waals surface area contributed by atoms with Crippen LogP contribution in [0.1, 0.15) is 22.5 Å². The van der Waals surface area contributed by atoms with Gasteiger partial charge in [0.2, 0.25) is 0 Å². The van der Waals surface area contributed by atoms with Crippen molar-refractivity contribution in [1.82, 2.24) is 25.2 Å². The van der Waals surface area contributed by atoms with Gasteiger partial charge in [0.05, 0.1) is 16.8 Å². The Bertz CT molecular complexity index is 1480. The SMILES string of the molecule is O=c1sc2cc(C(=NO)c3ccccc3)ccc2n1CCOc1ccc(Cc2nn[nH]n2)cc1. The fourth-order valence-corrected chi connectivity index (χ4v) is 4.66. The van der Waals surface area contributed by atoms with Crippen LogP contribution in [0.5, 0.6) is 5.75 Å². The highest BCUT2D eigenvalue weighted by Crippen LogP contribution is 2.22. The molecule has 3 aromatic carbocycles. The summed E-state index contributed by atoms with van der Waals surface area (Å²) in [7, 11) is 0. The highest BCUT2D eigenvalue weighted by atomic mass is 32.1. The number of rotatable bonds is 8. The minimum Gasteiger partial charge on any atom is -0.492 e. The highest BCUT2D eigenvalue weighted by Gasteiger charge is 2.13. The molecule has 170 valence electrons. The summed E-state index contributed by atoms with van der Waals surface area (Å²) in [6.45, 7) is 0.771. The molecule has 10 heteroatoms. The average Bonchev–Trinajstić information content (AvgIpc) is 3.48. The number of aromatic nitrogens is 5. The molecule has 0 amide bonds. The van der Waals surface area contributed by atoms with E-state index < -0.39 is 0 Å². The number of hydrogen-bond donors (Lipinski definition) is 2. The second-order valence-electron chi connectivity index (χ2n) is 7.51. The van der Waals surface area contributed by atoms with Crippen LogP contribution in [0.2, 0.25) is 0 Å². The van der Waals surface area contributed by atoms with Crippen LogP contribution in [0.25, 0.3) is 10.2 Å². The second kappa shape index (κ2) is 9.67. The van der Waals surface area contributed by atoms with E-state index in [9.17, 15) is 10.0 Å². The van der Waals surface area contributed by atoms with Gasteiger partial charge in [-0.15, -0.1) is 10.2 Å². The number of nitrogens with one attached hydrogen (secondary N) is 1. The summed E-state index contributed by atoms with van der Waals surface area (Å²) in [4.78, 5) is 12.6. The molecule has 0 aliphatic rings. The van der Waals surface area contributed by atoms with Crippen molar-refractivity contribution in [3.63, 3.8) is 0 Å². The minimum absolute atomic E-state index is 0.0617. The molecule has 0 saturated carbocycles. The van der Waals surface area contributed by atoms with Gasteiger partial charge in [-0.3, -0.25) is 9.36 Å². The molecule has 5 rings (SSSR count). The number of tetrazole rings is 1. The van der Waals surface area contributed by atoms with Crippen molar-refractivity contribution in [2.45, 2.75) is 13.0 Å². The van der Waals surface area contributed by atoms with Crippen molar-refractivity contribution < 1.29 is 9.94 Å². The largest absolute Gasteiger partial charge is 0.492 e. The Hall–Kier alpha value is -4.31. The van der Waals surface area contributed by atoms with Gasteiger partial charge in [0.15, 0.2) is 5.82 Å². The Morgan fingerprint density at radius 3 is 2.62 bits per heavy atom. The quantitative estimate of drug-likeness (QED) is 0.203. The summed E-state index contributed by atoms with van der Waals surface area (Å²) in [5.74, 6) is 1.35. The van der Waals surface area contributed by atoms with E-state index in [1.165, 1.54) is 0 Å². The number of H-pyrrole nitrogens is 1. The van der Waals surface area contributed by atoms with Crippen molar-refractivity contribution in [2.75, 3.05) is 6.61 Å². The van der Waals surface area contributed by atoms with Gasteiger partial charge in [0.25, 0.3) is 0 Å². The lowest BCUT2D eigenvalue weighted by molar-refractivity contribution is 0.299. The lowest BCUT2D eigenvalue weighted by atomic mass is 10.0. The predicted molar refractivity (Wildman–Crippen MR) is 129 cm³/mol. The van der Waals surface area contributed by atoms with Crippen LogP contribution in [0, 0.1) is 0 Å². The Balaban J connectivity index is 1.27. The van der Waals surface area contributed by atoms with Crippen molar-refractivity contribution in [1.29, 1.82) is 0 Å². The first kappa shape index (κ1) is 21.5. The smallest absolute Gasteiger partial charge is 0.308 e. The van der Waals surface area contributed by atoms with Crippen molar-refractivity contribution in [3.8, 4) is 5.75 Å². The normalized spacial score (nSPS) is 11.7. The lowest BCUT2D eigenvalue weighted by Crippen LogP contribution is -2.17. The van der Waals surface area contributed by atoms with Gasteiger partial charge in [0, 0.05) is 17.5 Å². The van der Waals surface area contributed by atoms with E-state index in [0.29, 0.717) is 31.1 Å². The van der Waals surface area contributed by atoms with Crippen LogP contribution in [-0.4, -0.2) is 42.7 Å². The molecule has 2 heterocycles. The molecule has 2 aromatic heterocycles. The van der Waals surface area contributed by atoms with Gasteiger partial charge in [-0.1, -0.05) is 70.2 Å². The Labute approximate surface area is 198 Å². The third kappa shape index (κ3) is 4.57. The van der Waals surface area contributed by atoms with Crippen LogP contribution >= 0.6 is 11.3 Å². The van der Waals surface area contributed by atoms with E-state index >= 15 is 0 Å². The highest BCUT2D eigenvalue weighted by molar-refractivity contribution is 7.16. The molecule has 0 spiro atoms. The van der Waals surface area contributed by atoms with E-state index in [-0.39, 0.29) is 4.87 Å². The zero-order chi connectivity index (χ0) is 23.3. The molecule has 2 N–H and O–H groups in total. The molecule has 0 aliphatic heterocycles. The number of thiazole rings is 1. The predicted octanol–water partition coefficient (Wildman–Crippen LogP) is 3.47. The van der Waals surface area contributed by atoms with Crippen LogP contribution in [-0.2, 0) is 13.0 Å². The van der Waals surface area contributed by atoms with E-state index in [4.69, 9.17) is 4.74 Å². The third-order valence-corrected chi connectivity index (χ3v) is 6.29. The Morgan fingerprint density at radius 1 is 1.06 bits per heavy atom. The number of nitrogens with zero attached hydrogens (tertiary/aromatic N) is 5. The average molecular weight is 473 g/mol. The zero-order valence-electron chi connectivity index (χ0n) is 18.0. The van der Waals surface area contributed by atoms with E-state index in [1.54, 1.807) is 4.57 Å². The van der Waals surface area contributed by atoms with Gasteiger partial charge < -0.3 is 9.94 Å². The number of benzene rings is 3. The summed E-state index contributed by atoms with van der Waals surface area (Å²) in [5.41, 5.74) is 3.87. The van der Waals surface area contributed by atoms with Crippen LogP contribution in [0.15, 0.2) is 82.7 Å². The van der Waals surface area contributed by atoms with Gasteiger partial charge in [-0.25, -0.2) is 0 Å². The number of fused-ring (bicyclic) bond motifs is 1. The second-order valence-corrected chi connectivity index (χ2v) is 8.51. The van der Waals surface area contributed by atoms with Gasteiger partial charge in [0.1, 0.15) is 18.1 Å². The maximum Gasteiger partial charge on any atom is 0.308 e. The maximum absolute atomic E-state index is 12.6. The molecule has 0 aliphatic carbocycles. The zero-order valence-corrected chi connectivity index (χ0v) is 18.8. The third-order valence-electron chi connectivity index (χ3n) is 5.35. The summed E-state index contributed by atoms with van der Waals surface area (Å²) < 4.78 is 8.38. The molecule has 0 radical (unpaired) electrons. The standard InChI is InChI=1S/C24H20N6O3S/c31-24-30(12-13-33-19-9-6-16(7-10-19)14-22-25-28-29-26-22)20-11-8-18(15-21(20)34-24)23(27-32)17-4-2-1-3-5-17/h1-11,15,32H,12-14H2,(H,25,26,28,29). The first-order valence-corrected chi connectivity index (χ1v) is 11.4. The van der Waals surface area contributed by atoms with E-state index in [2.05, 4.69) is 25.8 Å². The van der Waals surface area contributed by atoms with Gasteiger partial charge in [-0.2, -0.15) is 5.21 Å². The molecule has 0 atom stereocenters. The molecule has 34 heavy (non-hydrogen) atoms. The van der Waals surface area contributed by atoms with Gasteiger partial charge >= 0.3 is 4.87 Å². The minimum atomic E-state index is -0.0617. The van der Waals surface area contributed by atoms with Crippen molar-refractivity contribution in [3.05, 3.63) is 105 Å². The van der Waals surface area contributed by atoms with Crippen molar-refractivity contribution in [2.24, 2.45) is 5.16 Å². The van der Waals surface area contributed by atoms with Gasteiger partial charge in [-0.05, 0) is 29.8 Å². The molecule has 0 bridgehead atoms. The first-order chi connectivity index (χ1) is 16.7. The summed E-state index contributed by atoms with van der Waals surface area (Å²) in [6.07, 6.45) is 0.585. The van der Waals surface area contributed by atoms with Crippen LogP contribution in [0.3, 0.4) is 0 Å². The Morgan fingerprint density at radius 2 is 1.88 bits per heavy atom. The summed E-state index contributed by atoms with van der Waals surface area (Å²) in [6, 6.07) is 22.7. The number of oxime groups is 1. The molecule has 0 saturated heterocycles. The number of aromatic amines is 1. The van der Waals surface area contributed by atoms with Crippen LogP contribution < -0.4 is 9.61 Å². The lowest BCUT2D eigenvalue weighted by Gasteiger charge is -2.09. The first-order valence-electron chi connectivity index (χ1n) is 10.6.